The number of hydrogen-bond donors (Lipinski definition) is 1. The molecule has 2 unspecified atom stereocenters. The van der Waals surface area contributed by atoms with E-state index < -0.39 is 21.7 Å². The second-order valence-electron chi connectivity index (χ2n) is 7.32. The Hall–Kier alpha value is -2.36. The average molecular weight is 450 g/mol. The number of nitrogens with one attached hydrogen (secondary N) is 1. The number of aromatic nitrogens is 1. The van der Waals surface area contributed by atoms with Gasteiger partial charge in [0.2, 0.25) is 0 Å². The van der Waals surface area contributed by atoms with Gasteiger partial charge in [-0.15, -0.1) is 11.3 Å². The fourth-order valence-electron chi connectivity index (χ4n) is 3.82. The maximum Gasteiger partial charge on any atom is 0.254 e. The summed E-state index contributed by atoms with van der Waals surface area (Å²) in [6.45, 7) is 3.96. The van der Waals surface area contributed by atoms with Gasteiger partial charge in [-0.3, -0.25) is 0 Å². The molecule has 0 spiro atoms. The maximum absolute atomic E-state index is 13.7. The molecule has 0 amide bonds. The van der Waals surface area contributed by atoms with E-state index >= 15 is 0 Å². The fraction of sp³-hybridized carbons (Fsp3) is 0.286. The smallest absolute Gasteiger partial charge is 0.254 e. The quantitative estimate of drug-likeness (QED) is 0.631. The van der Waals surface area contributed by atoms with Crippen LogP contribution >= 0.6 is 11.3 Å². The lowest BCUT2D eigenvalue weighted by Gasteiger charge is -2.21. The Kier molecular flexibility index (Phi) is 5.61. The summed E-state index contributed by atoms with van der Waals surface area (Å²) in [6.07, 6.45) is 0. The van der Waals surface area contributed by atoms with E-state index in [1.807, 2.05) is 30.3 Å². The number of thiazole rings is 1. The van der Waals surface area contributed by atoms with Crippen molar-refractivity contribution in [2.24, 2.45) is 0 Å². The molecule has 30 heavy (non-hydrogen) atoms. The summed E-state index contributed by atoms with van der Waals surface area (Å²) in [6, 6.07) is 12.9. The molecule has 2 atom stereocenters. The van der Waals surface area contributed by atoms with Crippen LogP contribution in [-0.4, -0.2) is 36.8 Å². The lowest BCUT2D eigenvalue weighted by atomic mass is 9.94. The lowest BCUT2D eigenvalue weighted by Crippen LogP contribution is -2.31. The summed E-state index contributed by atoms with van der Waals surface area (Å²) in [5.74, 6) is -2.02. The van der Waals surface area contributed by atoms with Gasteiger partial charge < -0.3 is 5.32 Å². The van der Waals surface area contributed by atoms with Crippen molar-refractivity contribution in [1.82, 2.24) is 9.29 Å². The summed E-state index contributed by atoms with van der Waals surface area (Å²) < 4.78 is 55.3. The molecule has 1 aliphatic heterocycles. The van der Waals surface area contributed by atoms with Crippen molar-refractivity contribution in [2.45, 2.75) is 30.0 Å². The Morgan fingerprint density at radius 1 is 1.07 bits per heavy atom. The molecule has 0 radical (unpaired) electrons. The zero-order chi connectivity index (χ0) is 21.5. The van der Waals surface area contributed by atoms with Crippen LogP contribution in [0.15, 0.2) is 52.7 Å². The van der Waals surface area contributed by atoms with Gasteiger partial charge in [0.05, 0.1) is 10.7 Å². The van der Waals surface area contributed by atoms with Crippen LogP contribution in [0.2, 0.25) is 0 Å². The zero-order valence-corrected chi connectivity index (χ0v) is 18.1. The predicted molar refractivity (Wildman–Crippen MR) is 113 cm³/mol. The average Bonchev–Trinajstić information content (AvgIpc) is 3.29. The van der Waals surface area contributed by atoms with E-state index in [-0.39, 0.29) is 29.3 Å². The third-order valence-corrected chi connectivity index (χ3v) is 8.71. The Morgan fingerprint density at radius 3 is 2.43 bits per heavy atom. The van der Waals surface area contributed by atoms with Crippen LogP contribution in [0.5, 0.6) is 0 Å². The number of sulfonamides is 1. The topological polar surface area (TPSA) is 62.3 Å². The monoisotopic (exact) mass is 449 g/mol. The van der Waals surface area contributed by atoms with Crippen LogP contribution < -0.4 is 5.32 Å². The molecule has 4 rings (SSSR count). The Labute approximate surface area is 178 Å². The SMILES string of the molecule is Cc1nc(C)c(S(=O)(=O)N2CC(Nc3ccc(F)c(F)c3)C(c3ccccc3)C2)s1. The first kappa shape index (κ1) is 20.9. The second-order valence-corrected chi connectivity index (χ2v) is 10.7. The molecule has 1 N–H and O–H groups in total. The first-order valence-corrected chi connectivity index (χ1v) is 11.7. The minimum atomic E-state index is -3.71. The Balaban J connectivity index is 1.67. The lowest BCUT2D eigenvalue weighted by molar-refractivity contribution is 0.472. The molecule has 0 saturated carbocycles. The van der Waals surface area contributed by atoms with Gasteiger partial charge >= 0.3 is 0 Å². The molecule has 3 aromatic rings. The van der Waals surface area contributed by atoms with Crippen LogP contribution in [0.25, 0.3) is 0 Å². The van der Waals surface area contributed by atoms with Crippen molar-refractivity contribution in [3.05, 3.63) is 76.4 Å². The molecule has 2 aromatic carbocycles. The Morgan fingerprint density at radius 2 is 1.80 bits per heavy atom. The molecule has 158 valence electrons. The van der Waals surface area contributed by atoms with Crippen molar-refractivity contribution < 1.29 is 17.2 Å². The molecular weight excluding hydrogens is 428 g/mol. The highest BCUT2D eigenvalue weighted by Crippen LogP contribution is 2.35. The van der Waals surface area contributed by atoms with Crippen LogP contribution in [-0.2, 0) is 10.0 Å². The van der Waals surface area contributed by atoms with Gasteiger partial charge in [0.15, 0.2) is 15.8 Å². The minimum absolute atomic E-state index is 0.150. The summed E-state index contributed by atoms with van der Waals surface area (Å²) in [5, 5.41) is 3.90. The van der Waals surface area contributed by atoms with Crippen molar-refractivity contribution in [3.8, 4) is 0 Å². The third-order valence-electron chi connectivity index (χ3n) is 5.22. The number of rotatable bonds is 5. The number of aryl methyl sites for hydroxylation is 2. The first-order chi connectivity index (χ1) is 14.3. The van der Waals surface area contributed by atoms with E-state index in [9.17, 15) is 17.2 Å². The maximum atomic E-state index is 13.7. The molecular formula is C21H21F2N3O2S2. The fourth-order valence-corrected chi connectivity index (χ4v) is 6.93. The highest BCUT2D eigenvalue weighted by Gasteiger charge is 2.41. The van der Waals surface area contributed by atoms with Crippen molar-refractivity contribution in [1.29, 1.82) is 0 Å². The molecule has 2 heterocycles. The van der Waals surface area contributed by atoms with Gasteiger partial charge in [0.25, 0.3) is 10.0 Å². The van der Waals surface area contributed by atoms with E-state index in [0.29, 0.717) is 16.4 Å². The number of benzene rings is 2. The Bertz CT molecular complexity index is 1170. The van der Waals surface area contributed by atoms with Crippen LogP contribution in [0, 0.1) is 25.5 Å². The zero-order valence-electron chi connectivity index (χ0n) is 16.5. The number of hydrogen-bond acceptors (Lipinski definition) is 5. The molecule has 1 saturated heterocycles. The molecule has 1 aliphatic rings. The molecule has 1 aromatic heterocycles. The van der Waals surface area contributed by atoms with Crippen molar-refractivity contribution >= 4 is 27.0 Å². The van der Waals surface area contributed by atoms with Crippen molar-refractivity contribution in [2.75, 3.05) is 18.4 Å². The van der Waals surface area contributed by atoms with Crippen molar-refractivity contribution in [3.63, 3.8) is 0 Å². The largest absolute Gasteiger partial charge is 0.380 e. The molecule has 5 nitrogen and oxygen atoms in total. The van der Waals surface area contributed by atoms with E-state index in [0.717, 1.165) is 29.0 Å². The van der Waals surface area contributed by atoms with Crippen LogP contribution in [0.3, 0.4) is 0 Å². The van der Waals surface area contributed by atoms with Gasteiger partial charge in [-0.05, 0) is 31.5 Å². The molecule has 0 bridgehead atoms. The van der Waals surface area contributed by atoms with Gasteiger partial charge in [-0.25, -0.2) is 22.2 Å². The van der Waals surface area contributed by atoms with E-state index in [1.54, 1.807) is 13.8 Å². The summed E-state index contributed by atoms with van der Waals surface area (Å²) in [7, 11) is -3.71. The van der Waals surface area contributed by atoms with E-state index in [4.69, 9.17) is 0 Å². The summed E-state index contributed by atoms with van der Waals surface area (Å²) in [4.78, 5) is 4.25. The first-order valence-electron chi connectivity index (χ1n) is 9.46. The minimum Gasteiger partial charge on any atom is -0.380 e. The molecule has 0 aliphatic carbocycles. The summed E-state index contributed by atoms with van der Waals surface area (Å²) in [5.41, 5.74) is 1.88. The van der Waals surface area contributed by atoms with Crippen LogP contribution in [0.4, 0.5) is 14.5 Å². The number of halogens is 2. The highest BCUT2D eigenvalue weighted by molar-refractivity contribution is 7.91. The summed E-state index contributed by atoms with van der Waals surface area (Å²) >= 11 is 1.16. The van der Waals surface area contributed by atoms with E-state index in [2.05, 4.69) is 10.3 Å². The van der Waals surface area contributed by atoms with Gasteiger partial charge in [-0.2, -0.15) is 4.31 Å². The predicted octanol–water partition coefficient (Wildman–Crippen LogP) is 4.31. The standard InChI is InChI=1S/C21H21F2N3O2S2/c1-13-21(29-14(2)24-13)30(27,28)26-11-17(15-6-4-3-5-7-15)20(12-26)25-16-8-9-18(22)19(23)10-16/h3-10,17,20,25H,11-12H2,1-2H3. The van der Waals surface area contributed by atoms with Gasteiger partial charge in [0.1, 0.15) is 0 Å². The van der Waals surface area contributed by atoms with Crippen LogP contribution in [0.1, 0.15) is 22.2 Å². The highest BCUT2D eigenvalue weighted by atomic mass is 32.2. The number of nitrogens with zero attached hydrogens (tertiary/aromatic N) is 2. The molecule has 9 heteroatoms. The molecule has 1 fully saturated rings. The van der Waals surface area contributed by atoms with Gasteiger partial charge in [0, 0.05) is 36.8 Å². The van der Waals surface area contributed by atoms with E-state index in [1.165, 1.54) is 10.4 Å². The van der Waals surface area contributed by atoms with Gasteiger partial charge in [-0.1, -0.05) is 30.3 Å². The third kappa shape index (κ3) is 3.97. The normalized spacial score (nSPS) is 19.9. The number of anilines is 1. The second kappa shape index (κ2) is 8.05.